The largest absolute Gasteiger partial charge is 0.497 e. The molecule has 1 aromatic rings. The van der Waals surface area contributed by atoms with Gasteiger partial charge in [-0.15, -0.1) is 0 Å². The van der Waals surface area contributed by atoms with Crippen molar-refractivity contribution in [3.05, 3.63) is 29.3 Å². The summed E-state index contributed by atoms with van der Waals surface area (Å²) in [6, 6.07) is 7.22. The molecule has 6 heteroatoms. The van der Waals surface area contributed by atoms with Crippen LogP contribution in [0.4, 0.5) is 0 Å². The quantitative estimate of drug-likeness (QED) is 0.607. The average molecular weight is 344 g/mol. The minimum absolute atomic E-state index is 0.0248. The molecular weight excluding hydrogens is 320 g/mol. The molecule has 1 heterocycles. The van der Waals surface area contributed by atoms with E-state index in [1.807, 2.05) is 19.9 Å². The van der Waals surface area contributed by atoms with Crippen molar-refractivity contribution in [1.29, 1.82) is 5.26 Å². The van der Waals surface area contributed by atoms with Gasteiger partial charge in [0.05, 0.1) is 19.3 Å². The minimum atomic E-state index is -0.413. The van der Waals surface area contributed by atoms with Crippen molar-refractivity contribution >= 4 is 12.0 Å². The van der Waals surface area contributed by atoms with E-state index in [4.69, 9.17) is 14.2 Å². The Morgan fingerprint density at radius 2 is 2.32 bits per heavy atom. The molecule has 1 aliphatic rings. The monoisotopic (exact) mass is 344 g/mol. The van der Waals surface area contributed by atoms with Gasteiger partial charge in [0.25, 0.3) is 5.91 Å². The number of nitrogens with zero attached hydrogens (tertiary/aromatic N) is 1. The van der Waals surface area contributed by atoms with E-state index in [0.717, 1.165) is 19.4 Å². The van der Waals surface area contributed by atoms with E-state index in [1.54, 1.807) is 25.3 Å². The van der Waals surface area contributed by atoms with Gasteiger partial charge in [0, 0.05) is 24.8 Å². The highest BCUT2D eigenvalue weighted by Crippen LogP contribution is 2.27. The van der Waals surface area contributed by atoms with Crippen LogP contribution in [0.1, 0.15) is 32.3 Å². The van der Waals surface area contributed by atoms with Gasteiger partial charge in [-0.1, -0.05) is 0 Å². The number of methoxy groups -OCH3 is 1. The normalized spacial score (nSPS) is 17.2. The molecule has 1 N–H and O–H groups in total. The molecule has 0 aliphatic carbocycles. The van der Waals surface area contributed by atoms with Gasteiger partial charge in [0.2, 0.25) is 0 Å². The summed E-state index contributed by atoms with van der Waals surface area (Å²) >= 11 is 0. The number of rotatable bonds is 7. The summed E-state index contributed by atoms with van der Waals surface area (Å²) in [5, 5.41) is 12.1. The fraction of sp³-hybridized carbons (Fsp3) is 0.474. The molecule has 6 nitrogen and oxygen atoms in total. The molecule has 1 aromatic carbocycles. The molecule has 0 saturated carbocycles. The molecular formula is C19H24N2O4. The number of ether oxygens (including phenoxy) is 3. The van der Waals surface area contributed by atoms with E-state index in [2.05, 4.69) is 5.32 Å². The minimum Gasteiger partial charge on any atom is -0.497 e. The highest BCUT2D eigenvalue weighted by Gasteiger charge is 2.18. The summed E-state index contributed by atoms with van der Waals surface area (Å²) in [5.74, 6) is 0.799. The van der Waals surface area contributed by atoms with Crippen molar-refractivity contribution < 1.29 is 19.0 Å². The third-order valence-electron chi connectivity index (χ3n) is 3.76. The molecule has 1 amide bonds. The average Bonchev–Trinajstić information content (AvgIpc) is 3.11. The summed E-state index contributed by atoms with van der Waals surface area (Å²) in [5.41, 5.74) is 0.676. The van der Waals surface area contributed by atoms with Gasteiger partial charge < -0.3 is 19.5 Å². The Hall–Kier alpha value is -2.52. The maximum Gasteiger partial charge on any atom is 0.262 e. The summed E-state index contributed by atoms with van der Waals surface area (Å²) in [4.78, 5) is 12.3. The standard InChI is InChI=1S/C19H24N2O4/c1-13(2)25-18-10-16(23-3)7-6-14(18)9-15(11-20)19(22)21-12-17-5-4-8-24-17/h6-7,9-10,13,17H,4-5,8,12H2,1-3H3,(H,21,22)/b15-9-/t17-/m0/s1. The van der Waals surface area contributed by atoms with E-state index < -0.39 is 5.91 Å². The van der Waals surface area contributed by atoms with Crippen LogP contribution >= 0.6 is 0 Å². The molecule has 1 aliphatic heterocycles. The van der Waals surface area contributed by atoms with Crippen molar-refractivity contribution in [3.8, 4) is 17.6 Å². The third-order valence-corrected chi connectivity index (χ3v) is 3.76. The predicted octanol–water partition coefficient (Wildman–Crippen LogP) is 2.68. The number of amides is 1. The first-order chi connectivity index (χ1) is 12.0. The van der Waals surface area contributed by atoms with E-state index in [9.17, 15) is 10.1 Å². The van der Waals surface area contributed by atoms with Crippen LogP contribution in [-0.2, 0) is 9.53 Å². The summed E-state index contributed by atoms with van der Waals surface area (Å²) in [6.07, 6.45) is 3.45. The molecule has 0 radical (unpaired) electrons. The molecule has 134 valence electrons. The number of carbonyl (C=O) groups excluding carboxylic acids is 1. The Labute approximate surface area is 148 Å². The lowest BCUT2D eigenvalue weighted by Gasteiger charge is -2.14. The lowest BCUT2D eigenvalue weighted by Crippen LogP contribution is -2.32. The second kappa shape index (κ2) is 9.09. The molecule has 0 unspecified atom stereocenters. The van der Waals surface area contributed by atoms with Crippen LogP contribution in [0.15, 0.2) is 23.8 Å². The Kier molecular flexibility index (Phi) is 6.84. The zero-order chi connectivity index (χ0) is 18.2. The van der Waals surface area contributed by atoms with E-state index in [0.29, 0.717) is 23.6 Å². The first-order valence-corrected chi connectivity index (χ1v) is 8.39. The smallest absolute Gasteiger partial charge is 0.262 e. The number of nitriles is 1. The molecule has 0 bridgehead atoms. The van der Waals surface area contributed by atoms with Gasteiger partial charge in [-0.05, 0) is 44.9 Å². The number of hydrogen-bond acceptors (Lipinski definition) is 5. The molecule has 0 spiro atoms. The van der Waals surface area contributed by atoms with Gasteiger partial charge in [0.1, 0.15) is 23.1 Å². The van der Waals surface area contributed by atoms with Gasteiger partial charge in [-0.2, -0.15) is 5.26 Å². The van der Waals surface area contributed by atoms with Crippen LogP contribution in [-0.4, -0.2) is 38.4 Å². The maximum absolute atomic E-state index is 12.3. The maximum atomic E-state index is 12.3. The second-order valence-electron chi connectivity index (χ2n) is 6.09. The predicted molar refractivity (Wildman–Crippen MR) is 94.3 cm³/mol. The van der Waals surface area contributed by atoms with Gasteiger partial charge in [0.15, 0.2) is 0 Å². The van der Waals surface area contributed by atoms with E-state index in [1.165, 1.54) is 6.08 Å². The van der Waals surface area contributed by atoms with Crippen molar-refractivity contribution in [1.82, 2.24) is 5.32 Å². The van der Waals surface area contributed by atoms with Crippen molar-refractivity contribution in [2.24, 2.45) is 0 Å². The first-order valence-electron chi connectivity index (χ1n) is 8.39. The van der Waals surface area contributed by atoms with E-state index >= 15 is 0 Å². The second-order valence-corrected chi connectivity index (χ2v) is 6.09. The fourth-order valence-electron chi connectivity index (χ4n) is 2.53. The molecule has 0 aromatic heterocycles. The molecule has 1 saturated heterocycles. The Bertz CT molecular complexity index is 670. The molecule has 1 fully saturated rings. The van der Waals surface area contributed by atoms with Gasteiger partial charge in [-0.3, -0.25) is 4.79 Å². The van der Waals surface area contributed by atoms with Crippen LogP contribution in [0.2, 0.25) is 0 Å². The molecule has 1 atom stereocenters. The number of carbonyl (C=O) groups is 1. The lowest BCUT2D eigenvalue weighted by atomic mass is 10.1. The van der Waals surface area contributed by atoms with Crippen molar-refractivity contribution in [2.75, 3.05) is 20.3 Å². The molecule has 25 heavy (non-hydrogen) atoms. The summed E-state index contributed by atoms with van der Waals surface area (Å²) in [6.45, 7) is 4.96. The van der Waals surface area contributed by atoms with Crippen molar-refractivity contribution in [2.45, 2.75) is 38.9 Å². The van der Waals surface area contributed by atoms with E-state index in [-0.39, 0.29) is 17.8 Å². The van der Waals surface area contributed by atoms with Crippen molar-refractivity contribution in [3.63, 3.8) is 0 Å². The fourth-order valence-corrected chi connectivity index (χ4v) is 2.53. The Morgan fingerprint density at radius 3 is 2.92 bits per heavy atom. The Morgan fingerprint density at radius 1 is 1.52 bits per heavy atom. The molecule has 2 rings (SSSR count). The third kappa shape index (κ3) is 5.50. The zero-order valence-electron chi connectivity index (χ0n) is 14.9. The summed E-state index contributed by atoms with van der Waals surface area (Å²) in [7, 11) is 1.57. The topological polar surface area (TPSA) is 80.6 Å². The highest BCUT2D eigenvalue weighted by molar-refractivity contribution is 6.02. The zero-order valence-corrected chi connectivity index (χ0v) is 14.9. The SMILES string of the molecule is COc1ccc(/C=C(/C#N)C(=O)NC[C@@H]2CCCO2)c(OC(C)C)c1. The lowest BCUT2D eigenvalue weighted by molar-refractivity contribution is -0.117. The first kappa shape index (κ1) is 18.8. The number of nitrogens with one attached hydrogen (secondary N) is 1. The van der Waals surface area contributed by atoms with Gasteiger partial charge >= 0.3 is 0 Å². The van der Waals surface area contributed by atoms with Crippen LogP contribution in [0.3, 0.4) is 0 Å². The number of hydrogen-bond donors (Lipinski definition) is 1. The van der Waals surface area contributed by atoms with Crippen LogP contribution in [0, 0.1) is 11.3 Å². The van der Waals surface area contributed by atoms with Crippen LogP contribution in [0.5, 0.6) is 11.5 Å². The summed E-state index contributed by atoms with van der Waals surface area (Å²) < 4.78 is 16.4. The Balaban J connectivity index is 2.16. The van der Waals surface area contributed by atoms with Gasteiger partial charge in [-0.25, -0.2) is 0 Å². The highest BCUT2D eigenvalue weighted by atomic mass is 16.5. The van der Waals surface area contributed by atoms with Crippen LogP contribution in [0.25, 0.3) is 6.08 Å². The number of benzene rings is 1. The van der Waals surface area contributed by atoms with Crippen LogP contribution < -0.4 is 14.8 Å².